The fourth-order valence-electron chi connectivity index (χ4n) is 3.08. The van der Waals surface area contributed by atoms with Crippen LogP contribution in [-0.2, 0) is 0 Å². The Morgan fingerprint density at radius 1 is 0.897 bits per heavy atom. The Balaban J connectivity index is 1.58. The molecule has 0 amide bonds. The number of para-hydroxylation sites is 1. The van der Waals surface area contributed by atoms with Crippen molar-refractivity contribution in [3.63, 3.8) is 0 Å². The third-order valence-corrected chi connectivity index (χ3v) is 5.44. The van der Waals surface area contributed by atoms with E-state index in [4.69, 9.17) is 9.97 Å². The second kappa shape index (κ2) is 7.44. The van der Waals surface area contributed by atoms with Gasteiger partial charge in [-0.25, -0.2) is 9.97 Å². The van der Waals surface area contributed by atoms with Crippen LogP contribution in [0.4, 0.5) is 0 Å². The van der Waals surface area contributed by atoms with E-state index < -0.39 is 0 Å². The molecule has 0 atom stereocenters. The van der Waals surface area contributed by atoms with Crippen LogP contribution in [0.1, 0.15) is 10.4 Å². The van der Waals surface area contributed by atoms with Gasteiger partial charge in [0.25, 0.3) is 0 Å². The Kier molecular flexibility index (Phi) is 4.50. The van der Waals surface area contributed by atoms with Crippen LogP contribution >= 0.6 is 11.8 Å². The predicted molar refractivity (Wildman–Crippen MR) is 113 cm³/mol. The molecule has 29 heavy (non-hydrogen) atoms. The molecule has 0 spiro atoms. The van der Waals surface area contributed by atoms with Crippen molar-refractivity contribution in [3.05, 3.63) is 84.7 Å². The quantitative estimate of drug-likeness (QED) is 0.250. The number of rotatable bonds is 5. The molecule has 0 aliphatic carbocycles. The summed E-state index contributed by atoms with van der Waals surface area (Å²) in [6.07, 6.45) is 3.43. The van der Waals surface area contributed by atoms with Crippen LogP contribution < -0.4 is 0 Å². The molecule has 7 heteroatoms. The molecule has 5 aromatic rings. The average molecular weight is 397 g/mol. The van der Waals surface area contributed by atoms with Crippen molar-refractivity contribution in [3.8, 4) is 11.4 Å². The lowest BCUT2D eigenvalue weighted by Gasteiger charge is -2.06. The molecule has 140 valence electrons. The van der Waals surface area contributed by atoms with Gasteiger partial charge in [-0.3, -0.25) is 9.78 Å². The average Bonchev–Trinajstić information content (AvgIpc) is 3.24. The lowest BCUT2D eigenvalue weighted by atomic mass is 10.2. The number of fused-ring (bicyclic) bond motifs is 3. The van der Waals surface area contributed by atoms with Crippen LogP contribution in [0.2, 0.25) is 0 Å². The summed E-state index contributed by atoms with van der Waals surface area (Å²) in [6.45, 7) is 0. The highest BCUT2D eigenvalue weighted by Gasteiger charge is 2.16. The van der Waals surface area contributed by atoms with Gasteiger partial charge in [0.2, 0.25) is 0 Å². The maximum absolute atomic E-state index is 12.5. The van der Waals surface area contributed by atoms with Gasteiger partial charge >= 0.3 is 0 Å². The molecule has 0 saturated heterocycles. The Hall–Kier alpha value is -3.58. The number of ketones is 1. The first-order valence-electron chi connectivity index (χ1n) is 9.06. The molecule has 3 aromatic heterocycles. The van der Waals surface area contributed by atoms with Crippen molar-refractivity contribution in [1.82, 2.24) is 24.6 Å². The molecule has 0 N–H and O–H groups in total. The van der Waals surface area contributed by atoms with E-state index in [0.717, 1.165) is 22.1 Å². The van der Waals surface area contributed by atoms with E-state index in [9.17, 15) is 4.79 Å². The van der Waals surface area contributed by atoms with Gasteiger partial charge in [0.1, 0.15) is 0 Å². The maximum Gasteiger partial charge on any atom is 0.192 e. The zero-order valence-corrected chi connectivity index (χ0v) is 16.1. The Morgan fingerprint density at radius 2 is 1.66 bits per heavy atom. The van der Waals surface area contributed by atoms with Crippen molar-refractivity contribution < 1.29 is 4.79 Å². The number of hydrogen-bond donors (Lipinski definition) is 0. The minimum Gasteiger partial charge on any atom is -0.293 e. The van der Waals surface area contributed by atoms with E-state index in [-0.39, 0.29) is 11.5 Å². The second-order valence-corrected chi connectivity index (χ2v) is 7.34. The molecule has 0 bridgehead atoms. The summed E-state index contributed by atoms with van der Waals surface area (Å²) in [6, 6.07) is 20.8. The summed E-state index contributed by atoms with van der Waals surface area (Å²) < 4.78 is 1.72. The highest BCUT2D eigenvalue weighted by molar-refractivity contribution is 7.99. The van der Waals surface area contributed by atoms with Crippen LogP contribution in [0, 0.1) is 0 Å². The summed E-state index contributed by atoms with van der Waals surface area (Å²) in [5, 5.41) is 6.22. The molecular formula is C22H15N5OS. The van der Waals surface area contributed by atoms with Gasteiger partial charge in [-0.2, -0.15) is 4.52 Å². The van der Waals surface area contributed by atoms with E-state index >= 15 is 0 Å². The van der Waals surface area contributed by atoms with Crippen LogP contribution in [0.25, 0.3) is 27.9 Å². The number of carbonyl (C=O) groups excluding carboxylic acids is 1. The van der Waals surface area contributed by atoms with Gasteiger partial charge < -0.3 is 0 Å². The number of benzene rings is 2. The SMILES string of the molecule is O=C(CSc1nc2ccccc2c2nc(-c3ccncc3)nn12)c1ccccc1. The second-order valence-electron chi connectivity index (χ2n) is 6.40. The molecule has 5 rings (SSSR count). The summed E-state index contributed by atoms with van der Waals surface area (Å²) in [4.78, 5) is 26.1. The first-order valence-corrected chi connectivity index (χ1v) is 10.0. The lowest BCUT2D eigenvalue weighted by Crippen LogP contribution is -2.05. The fourth-order valence-corrected chi connectivity index (χ4v) is 3.92. The lowest BCUT2D eigenvalue weighted by molar-refractivity contribution is 0.102. The maximum atomic E-state index is 12.5. The molecule has 0 aliphatic rings. The molecule has 0 unspecified atom stereocenters. The molecular weight excluding hydrogens is 382 g/mol. The third kappa shape index (κ3) is 3.36. The fraction of sp³-hybridized carbons (Fsp3) is 0.0455. The van der Waals surface area contributed by atoms with Crippen LogP contribution in [0.15, 0.2) is 84.3 Å². The van der Waals surface area contributed by atoms with Crippen molar-refractivity contribution in [2.24, 2.45) is 0 Å². The standard InChI is InChI=1S/C22H15N5OS/c28-19(15-6-2-1-3-7-15)14-29-22-24-18-9-5-4-8-17(18)21-25-20(26-27(21)22)16-10-12-23-13-11-16/h1-13H,14H2. The van der Waals surface area contributed by atoms with Crippen molar-refractivity contribution in [1.29, 1.82) is 0 Å². The van der Waals surface area contributed by atoms with E-state index in [2.05, 4.69) is 10.1 Å². The van der Waals surface area contributed by atoms with Gasteiger partial charge in [0.05, 0.1) is 11.3 Å². The van der Waals surface area contributed by atoms with Crippen LogP contribution in [0.5, 0.6) is 0 Å². The van der Waals surface area contributed by atoms with Crippen molar-refractivity contribution >= 4 is 34.1 Å². The number of aromatic nitrogens is 5. The molecule has 0 saturated carbocycles. The first-order chi connectivity index (χ1) is 14.3. The minimum atomic E-state index is 0.0492. The molecule has 2 aromatic carbocycles. The highest BCUT2D eigenvalue weighted by atomic mass is 32.2. The van der Waals surface area contributed by atoms with Gasteiger partial charge in [-0.1, -0.05) is 54.2 Å². The number of pyridine rings is 1. The van der Waals surface area contributed by atoms with Gasteiger partial charge in [-0.15, -0.1) is 5.10 Å². The highest BCUT2D eigenvalue weighted by Crippen LogP contribution is 2.26. The van der Waals surface area contributed by atoms with E-state index in [1.54, 1.807) is 16.9 Å². The zero-order valence-electron chi connectivity index (χ0n) is 15.3. The zero-order chi connectivity index (χ0) is 19.6. The van der Waals surface area contributed by atoms with E-state index in [1.807, 2.05) is 66.7 Å². The predicted octanol–water partition coefficient (Wildman–Crippen LogP) is 4.31. The van der Waals surface area contributed by atoms with Crippen LogP contribution in [-0.4, -0.2) is 36.1 Å². The Bertz CT molecular complexity index is 1320. The summed E-state index contributed by atoms with van der Waals surface area (Å²) >= 11 is 1.36. The van der Waals surface area contributed by atoms with Crippen molar-refractivity contribution in [2.75, 3.05) is 5.75 Å². The van der Waals surface area contributed by atoms with Crippen LogP contribution in [0.3, 0.4) is 0 Å². The first kappa shape index (κ1) is 17.5. The molecule has 0 fully saturated rings. The largest absolute Gasteiger partial charge is 0.293 e. The molecule has 0 radical (unpaired) electrons. The Labute approximate surface area is 170 Å². The van der Waals surface area contributed by atoms with Gasteiger partial charge in [0, 0.05) is 28.9 Å². The topological polar surface area (TPSA) is 73.0 Å². The smallest absolute Gasteiger partial charge is 0.192 e. The molecule has 3 heterocycles. The Morgan fingerprint density at radius 3 is 2.48 bits per heavy atom. The number of nitrogens with zero attached hydrogens (tertiary/aromatic N) is 5. The van der Waals surface area contributed by atoms with Crippen molar-refractivity contribution in [2.45, 2.75) is 5.16 Å². The summed E-state index contributed by atoms with van der Waals surface area (Å²) in [5.74, 6) is 0.921. The number of carbonyl (C=O) groups is 1. The molecule has 6 nitrogen and oxygen atoms in total. The molecule has 0 aliphatic heterocycles. The normalized spacial score (nSPS) is 11.2. The van der Waals surface area contributed by atoms with Gasteiger partial charge in [-0.05, 0) is 24.3 Å². The van der Waals surface area contributed by atoms with E-state index in [1.165, 1.54) is 11.8 Å². The minimum absolute atomic E-state index is 0.0492. The third-order valence-electron chi connectivity index (χ3n) is 4.52. The summed E-state index contributed by atoms with van der Waals surface area (Å²) in [7, 11) is 0. The monoisotopic (exact) mass is 397 g/mol. The van der Waals surface area contributed by atoms with Gasteiger partial charge in [0.15, 0.2) is 22.4 Å². The number of hydrogen-bond acceptors (Lipinski definition) is 6. The number of thioether (sulfide) groups is 1. The van der Waals surface area contributed by atoms with E-state index in [0.29, 0.717) is 16.5 Å². The number of Topliss-reactive ketones (excluding diaryl/α,β-unsaturated/α-hetero) is 1. The summed E-state index contributed by atoms with van der Waals surface area (Å²) in [5.41, 5.74) is 3.11.